The summed E-state index contributed by atoms with van der Waals surface area (Å²) in [4.78, 5) is 37.7. The van der Waals surface area contributed by atoms with E-state index in [2.05, 4.69) is 5.32 Å². The molecule has 0 atom stereocenters. The lowest BCUT2D eigenvalue weighted by Gasteiger charge is -2.13. The van der Waals surface area contributed by atoms with Gasteiger partial charge in [-0.15, -0.1) is 11.8 Å². The number of halogens is 1. The fourth-order valence-corrected chi connectivity index (χ4v) is 3.84. The Morgan fingerprint density at radius 1 is 1.00 bits per heavy atom. The number of carbonyl (C=O) groups is 3. The molecule has 1 heterocycles. The Labute approximate surface area is 173 Å². The summed E-state index contributed by atoms with van der Waals surface area (Å²) in [6.45, 7) is 0.781. The van der Waals surface area contributed by atoms with Gasteiger partial charge in [0.2, 0.25) is 11.8 Å². The molecule has 0 aromatic heterocycles. The topological polar surface area (TPSA) is 66.5 Å². The van der Waals surface area contributed by atoms with E-state index in [1.807, 2.05) is 36.4 Å². The molecular weight excluding hydrogens is 396 g/mol. The van der Waals surface area contributed by atoms with E-state index in [-0.39, 0.29) is 17.7 Å². The Hall–Kier alpha value is -2.31. The van der Waals surface area contributed by atoms with Gasteiger partial charge >= 0.3 is 0 Å². The van der Waals surface area contributed by atoms with Crippen molar-refractivity contribution in [2.24, 2.45) is 0 Å². The van der Waals surface area contributed by atoms with Crippen molar-refractivity contribution in [2.75, 3.05) is 13.1 Å². The standard InChI is InChI=1S/C21H21ClN2O3S/c22-17-6-8-18(9-7-17)28-14-15-2-4-16(5-3-15)21(27)23-12-1-13-24-19(25)10-11-20(24)26/h2-9H,1,10-14H2,(H,23,27). The molecule has 0 unspecified atom stereocenters. The summed E-state index contributed by atoms with van der Waals surface area (Å²) < 4.78 is 0. The number of nitrogens with one attached hydrogen (secondary N) is 1. The van der Waals surface area contributed by atoms with Crippen LogP contribution in [0.3, 0.4) is 0 Å². The van der Waals surface area contributed by atoms with Crippen LogP contribution in [0, 0.1) is 0 Å². The van der Waals surface area contributed by atoms with E-state index in [0.29, 0.717) is 37.9 Å². The van der Waals surface area contributed by atoms with Crippen LogP contribution in [0.4, 0.5) is 0 Å². The van der Waals surface area contributed by atoms with Crippen LogP contribution in [0.25, 0.3) is 0 Å². The summed E-state index contributed by atoms with van der Waals surface area (Å²) in [6, 6.07) is 15.2. The third kappa shape index (κ3) is 5.59. The molecule has 1 saturated heterocycles. The van der Waals surface area contributed by atoms with Crippen LogP contribution in [0.2, 0.25) is 5.02 Å². The largest absolute Gasteiger partial charge is 0.352 e. The fourth-order valence-electron chi connectivity index (χ4n) is 2.86. The number of hydrogen-bond donors (Lipinski definition) is 1. The Morgan fingerprint density at radius 2 is 1.64 bits per heavy atom. The second kappa shape index (κ2) is 9.75. The van der Waals surface area contributed by atoms with Crippen molar-refractivity contribution in [3.63, 3.8) is 0 Å². The quantitative estimate of drug-likeness (QED) is 0.402. The summed E-state index contributed by atoms with van der Waals surface area (Å²) in [5.41, 5.74) is 1.72. The summed E-state index contributed by atoms with van der Waals surface area (Å²) >= 11 is 7.59. The van der Waals surface area contributed by atoms with Crippen LogP contribution in [0.15, 0.2) is 53.4 Å². The number of amides is 3. The molecule has 3 amide bonds. The molecule has 7 heteroatoms. The average Bonchev–Trinajstić information content (AvgIpc) is 3.03. The van der Waals surface area contributed by atoms with Crippen LogP contribution in [0.1, 0.15) is 35.2 Å². The van der Waals surface area contributed by atoms with E-state index in [1.165, 1.54) is 4.90 Å². The van der Waals surface area contributed by atoms with Gasteiger partial charge in [-0.2, -0.15) is 0 Å². The molecule has 1 N–H and O–H groups in total. The van der Waals surface area contributed by atoms with E-state index in [0.717, 1.165) is 21.2 Å². The van der Waals surface area contributed by atoms with Crippen molar-refractivity contribution in [3.05, 3.63) is 64.7 Å². The number of nitrogens with zero attached hydrogens (tertiary/aromatic N) is 1. The Bertz CT molecular complexity index is 837. The summed E-state index contributed by atoms with van der Waals surface area (Å²) in [6.07, 6.45) is 1.15. The highest BCUT2D eigenvalue weighted by Gasteiger charge is 2.27. The molecule has 146 valence electrons. The van der Waals surface area contributed by atoms with Gasteiger partial charge < -0.3 is 5.32 Å². The molecule has 0 bridgehead atoms. The molecule has 0 aliphatic carbocycles. The van der Waals surface area contributed by atoms with Crippen molar-refractivity contribution >= 4 is 41.1 Å². The molecule has 2 aromatic carbocycles. The predicted octanol–water partition coefficient (Wildman–Crippen LogP) is 3.90. The van der Waals surface area contributed by atoms with Crippen LogP contribution in [0.5, 0.6) is 0 Å². The second-order valence-electron chi connectivity index (χ2n) is 6.49. The zero-order valence-electron chi connectivity index (χ0n) is 15.3. The van der Waals surface area contributed by atoms with E-state index in [9.17, 15) is 14.4 Å². The van der Waals surface area contributed by atoms with Gasteiger partial charge in [-0.3, -0.25) is 19.3 Å². The van der Waals surface area contributed by atoms with Gasteiger partial charge in [0.05, 0.1) is 0 Å². The van der Waals surface area contributed by atoms with Crippen molar-refractivity contribution in [3.8, 4) is 0 Å². The number of benzene rings is 2. The van der Waals surface area contributed by atoms with Crippen LogP contribution < -0.4 is 5.32 Å². The monoisotopic (exact) mass is 416 g/mol. The lowest BCUT2D eigenvalue weighted by atomic mass is 10.1. The van der Waals surface area contributed by atoms with Crippen LogP contribution >= 0.6 is 23.4 Å². The van der Waals surface area contributed by atoms with Gasteiger partial charge in [-0.05, 0) is 48.4 Å². The van der Waals surface area contributed by atoms with E-state index >= 15 is 0 Å². The smallest absolute Gasteiger partial charge is 0.251 e. The number of thioether (sulfide) groups is 1. The number of rotatable bonds is 8. The molecule has 2 aromatic rings. The second-order valence-corrected chi connectivity index (χ2v) is 7.97. The maximum absolute atomic E-state index is 12.2. The SMILES string of the molecule is O=C(NCCCN1C(=O)CCC1=O)c1ccc(CSc2ccc(Cl)cc2)cc1. The zero-order valence-corrected chi connectivity index (χ0v) is 16.9. The molecule has 0 radical (unpaired) electrons. The highest BCUT2D eigenvalue weighted by Crippen LogP contribution is 2.24. The van der Waals surface area contributed by atoms with E-state index in [4.69, 9.17) is 11.6 Å². The minimum Gasteiger partial charge on any atom is -0.352 e. The summed E-state index contributed by atoms with van der Waals surface area (Å²) in [7, 11) is 0. The van der Waals surface area contributed by atoms with Crippen LogP contribution in [-0.4, -0.2) is 35.7 Å². The Balaban J connectivity index is 1.41. The van der Waals surface area contributed by atoms with Crippen molar-refractivity contribution in [2.45, 2.75) is 29.9 Å². The minimum absolute atomic E-state index is 0.122. The first-order valence-electron chi connectivity index (χ1n) is 9.11. The molecule has 5 nitrogen and oxygen atoms in total. The first-order chi connectivity index (χ1) is 13.5. The van der Waals surface area contributed by atoms with Gasteiger partial charge in [0.15, 0.2) is 0 Å². The van der Waals surface area contributed by atoms with Gasteiger partial charge in [0, 0.05) is 47.2 Å². The highest BCUT2D eigenvalue weighted by atomic mass is 35.5. The van der Waals surface area contributed by atoms with Crippen molar-refractivity contribution in [1.29, 1.82) is 0 Å². The molecular formula is C21H21ClN2O3S. The normalized spacial score (nSPS) is 13.8. The van der Waals surface area contributed by atoms with Gasteiger partial charge in [-0.1, -0.05) is 23.7 Å². The maximum Gasteiger partial charge on any atom is 0.251 e. The Morgan fingerprint density at radius 3 is 2.29 bits per heavy atom. The highest BCUT2D eigenvalue weighted by molar-refractivity contribution is 7.98. The number of imide groups is 1. The summed E-state index contributed by atoms with van der Waals surface area (Å²) in [5.74, 6) is 0.407. The lowest BCUT2D eigenvalue weighted by molar-refractivity contribution is -0.138. The minimum atomic E-state index is -0.157. The first-order valence-corrected chi connectivity index (χ1v) is 10.5. The van der Waals surface area contributed by atoms with E-state index < -0.39 is 0 Å². The van der Waals surface area contributed by atoms with E-state index in [1.54, 1.807) is 23.9 Å². The summed E-state index contributed by atoms with van der Waals surface area (Å²) in [5, 5.41) is 3.55. The molecule has 1 aliphatic heterocycles. The van der Waals surface area contributed by atoms with Crippen LogP contribution in [-0.2, 0) is 15.3 Å². The molecule has 1 aliphatic rings. The molecule has 1 fully saturated rings. The number of carbonyl (C=O) groups excluding carboxylic acids is 3. The third-order valence-corrected chi connectivity index (χ3v) is 5.77. The molecule has 0 saturated carbocycles. The Kier molecular flexibility index (Phi) is 7.12. The predicted molar refractivity (Wildman–Crippen MR) is 110 cm³/mol. The average molecular weight is 417 g/mol. The molecule has 0 spiro atoms. The zero-order chi connectivity index (χ0) is 19.9. The fraction of sp³-hybridized carbons (Fsp3) is 0.286. The number of hydrogen-bond acceptors (Lipinski definition) is 4. The van der Waals surface area contributed by atoms with Gasteiger partial charge in [0.1, 0.15) is 0 Å². The molecule has 28 heavy (non-hydrogen) atoms. The lowest BCUT2D eigenvalue weighted by Crippen LogP contribution is -2.33. The number of likely N-dealkylation sites (tertiary alicyclic amines) is 1. The van der Waals surface area contributed by atoms with Crippen molar-refractivity contribution in [1.82, 2.24) is 10.2 Å². The maximum atomic E-state index is 12.2. The van der Waals surface area contributed by atoms with Gasteiger partial charge in [0.25, 0.3) is 5.91 Å². The van der Waals surface area contributed by atoms with Gasteiger partial charge in [-0.25, -0.2) is 0 Å². The molecule has 3 rings (SSSR count). The van der Waals surface area contributed by atoms with Crippen molar-refractivity contribution < 1.29 is 14.4 Å². The first kappa shape index (κ1) is 20.4. The third-order valence-electron chi connectivity index (χ3n) is 4.43.